The van der Waals surface area contributed by atoms with E-state index in [2.05, 4.69) is 34.1 Å². The molecular weight excluding hydrogens is 292 g/mol. The fourth-order valence-corrected chi connectivity index (χ4v) is 3.13. The summed E-state index contributed by atoms with van der Waals surface area (Å²) < 4.78 is 11.0. The van der Waals surface area contributed by atoms with Crippen molar-refractivity contribution in [3.63, 3.8) is 0 Å². The van der Waals surface area contributed by atoms with Gasteiger partial charge in [0, 0.05) is 5.56 Å². The highest BCUT2D eigenvalue weighted by atomic mass is 79.9. The second-order valence-corrected chi connectivity index (χ2v) is 5.53. The molecule has 94 valence electrons. The monoisotopic (exact) mass is 306 g/mol. The molecule has 0 N–H and O–H groups in total. The Balaban J connectivity index is 1.95. The Kier molecular flexibility index (Phi) is 3.16. The molecule has 1 aliphatic rings. The van der Waals surface area contributed by atoms with Crippen LogP contribution in [0, 0.1) is 6.92 Å². The normalized spacial score (nSPS) is 15.9. The number of furan rings is 1. The number of benzene rings is 1. The molecule has 2 nitrogen and oxygen atoms in total. The van der Waals surface area contributed by atoms with Crippen LogP contribution >= 0.6 is 15.9 Å². The summed E-state index contributed by atoms with van der Waals surface area (Å²) in [5.41, 5.74) is 3.75. The minimum Gasteiger partial charge on any atom is -0.493 e. The summed E-state index contributed by atoms with van der Waals surface area (Å²) in [4.78, 5) is 0.184. The van der Waals surface area contributed by atoms with Gasteiger partial charge in [-0.3, -0.25) is 0 Å². The maximum Gasteiger partial charge on any atom is 0.122 e. The summed E-state index contributed by atoms with van der Waals surface area (Å²) in [5.74, 6) is 2.00. The van der Waals surface area contributed by atoms with Gasteiger partial charge >= 0.3 is 0 Å². The third-order valence-electron chi connectivity index (χ3n) is 3.40. The molecule has 3 rings (SSSR count). The van der Waals surface area contributed by atoms with E-state index in [9.17, 15) is 0 Å². The van der Waals surface area contributed by atoms with Crippen LogP contribution in [0.2, 0.25) is 0 Å². The van der Waals surface area contributed by atoms with Crippen LogP contribution < -0.4 is 4.74 Å². The van der Waals surface area contributed by atoms with Gasteiger partial charge < -0.3 is 9.15 Å². The summed E-state index contributed by atoms with van der Waals surface area (Å²) >= 11 is 3.75. The zero-order valence-electron chi connectivity index (χ0n) is 10.3. The van der Waals surface area contributed by atoms with E-state index in [1.165, 1.54) is 16.7 Å². The number of halogens is 1. The fourth-order valence-electron chi connectivity index (χ4n) is 2.38. The molecule has 2 aromatic rings. The van der Waals surface area contributed by atoms with Crippen molar-refractivity contribution in [2.45, 2.75) is 24.6 Å². The van der Waals surface area contributed by atoms with Crippen molar-refractivity contribution in [2.75, 3.05) is 6.61 Å². The average Bonchev–Trinajstić information content (AvgIpc) is 2.83. The highest BCUT2D eigenvalue weighted by molar-refractivity contribution is 9.09. The Hall–Kier alpha value is -1.22. The van der Waals surface area contributed by atoms with E-state index >= 15 is 0 Å². The Bertz CT molecular complexity index is 559. The highest BCUT2D eigenvalue weighted by Crippen LogP contribution is 2.36. The highest BCUT2D eigenvalue weighted by Gasteiger charge is 2.17. The number of alkyl halides is 1. The van der Waals surface area contributed by atoms with Crippen LogP contribution in [0.5, 0.6) is 5.75 Å². The summed E-state index contributed by atoms with van der Waals surface area (Å²) in [6.45, 7) is 2.83. The first-order valence-electron chi connectivity index (χ1n) is 6.19. The number of hydrogen-bond acceptors (Lipinski definition) is 2. The molecule has 0 aliphatic carbocycles. The maximum atomic E-state index is 5.64. The first kappa shape index (κ1) is 11.8. The lowest BCUT2D eigenvalue weighted by atomic mass is 9.99. The van der Waals surface area contributed by atoms with Crippen molar-refractivity contribution >= 4 is 15.9 Å². The molecule has 18 heavy (non-hydrogen) atoms. The number of ether oxygens (including phenoxy) is 1. The van der Waals surface area contributed by atoms with Gasteiger partial charge in [0.05, 0.1) is 17.7 Å². The maximum absolute atomic E-state index is 5.64. The van der Waals surface area contributed by atoms with Gasteiger partial charge in [-0.2, -0.15) is 0 Å². The van der Waals surface area contributed by atoms with E-state index in [1.807, 2.05) is 13.0 Å². The molecule has 3 heteroatoms. The second-order valence-electron chi connectivity index (χ2n) is 4.61. The molecule has 0 fully saturated rings. The number of rotatable bonds is 2. The van der Waals surface area contributed by atoms with Crippen LogP contribution in [-0.4, -0.2) is 6.61 Å². The Morgan fingerprint density at radius 2 is 2.17 bits per heavy atom. The number of aryl methyl sites for hydroxylation is 2. The number of fused-ring (bicyclic) bond motifs is 1. The lowest BCUT2D eigenvalue weighted by molar-refractivity contribution is 0.288. The summed E-state index contributed by atoms with van der Waals surface area (Å²) in [6.07, 6.45) is 3.95. The molecule has 1 aromatic heterocycles. The lowest BCUT2D eigenvalue weighted by Gasteiger charge is -2.19. The predicted molar refractivity (Wildman–Crippen MR) is 74.5 cm³/mol. The van der Waals surface area contributed by atoms with Crippen LogP contribution in [-0.2, 0) is 6.42 Å². The van der Waals surface area contributed by atoms with Crippen LogP contribution in [0.1, 0.15) is 33.7 Å². The van der Waals surface area contributed by atoms with Gasteiger partial charge in [-0.1, -0.05) is 28.1 Å². The summed E-state index contributed by atoms with van der Waals surface area (Å²) in [7, 11) is 0. The molecule has 0 bridgehead atoms. The van der Waals surface area contributed by atoms with Crippen molar-refractivity contribution in [3.8, 4) is 5.75 Å². The van der Waals surface area contributed by atoms with E-state index in [0.717, 1.165) is 31.0 Å². The van der Waals surface area contributed by atoms with Crippen molar-refractivity contribution < 1.29 is 9.15 Å². The molecule has 0 amide bonds. The molecular formula is C15H15BrO2. The van der Waals surface area contributed by atoms with E-state index in [1.54, 1.807) is 6.26 Å². The van der Waals surface area contributed by atoms with Crippen LogP contribution in [0.3, 0.4) is 0 Å². The molecule has 0 saturated heterocycles. The smallest absolute Gasteiger partial charge is 0.122 e. The minimum absolute atomic E-state index is 0.184. The Labute approximate surface area is 115 Å². The lowest BCUT2D eigenvalue weighted by Crippen LogP contribution is -2.08. The summed E-state index contributed by atoms with van der Waals surface area (Å²) in [5, 5.41) is 0. The molecule has 0 spiro atoms. The average molecular weight is 307 g/mol. The van der Waals surface area contributed by atoms with E-state index < -0.39 is 0 Å². The van der Waals surface area contributed by atoms with Gasteiger partial charge in [-0.25, -0.2) is 0 Å². The van der Waals surface area contributed by atoms with Gasteiger partial charge in [0.2, 0.25) is 0 Å². The minimum atomic E-state index is 0.184. The summed E-state index contributed by atoms with van der Waals surface area (Å²) in [6, 6.07) is 8.45. The van der Waals surface area contributed by atoms with Gasteiger partial charge in [-0.15, -0.1) is 0 Å². The SMILES string of the molecule is Cc1occc1C(Br)c1ccc2c(c1)CCCO2. The van der Waals surface area contributed by atoms with Crippen molar-refractivity contribution in [3.05, 3.63) is 53.0 Å². The van der Waals surface area contributed by atoms with Gasteiger partial charge in [0.1, 0.15) is 11.5 Å². The van der Waals surface area contributed by atoms with E-state index in [0.29, 0.717) is 0 Å². The molecule has 1 aliphatic heterocycles. The first-order chi connectivity index (χ1) is 8.75. The van der Waals surface area contributed by atoms with Crippen LogP contribution in [0.25, 0.3) is 0 Å². The van der Waals surface area contributed by atoms with Gasteiger partial charge in [0.25, 0.3) is 0 Å². The molecule has 2 heterocycles. The molecule has 1 unspecified atom stereocenters. The third-order valence-corrected chi connectivity index (χ3v) is 4.42. The zero-order valence-corrected chi connectivity index (χ0v) is 11.9. The van der Waals surface area contributed by atoms with Crippen LogP contribution in [0.4, 0.5) is 0 Å². The zero-order chi connectivity index (χ0) is 12.5. The molecule has 1 atom stereocenters. The molecule has 0 saturated carbocycles. The Morgan fingerprint density at radius 1 is 1.28 bits per heavy atom. The molecule has 1 aromatic carbocycles. The predicted octanol–water partition coefficient (Wildman–Crippen LogP) is 4.40. The van der Waals surface area contributed by atoms with Gasteiger partial charge in [-0.05, 0) is 43.0 Å². The van der Waals surface area contributed by atoms with Crippen molar-refractivity contribution in [1.29, 1.82) is 0 Å². The van der Waals surface area contributed by atoms with Gasteiger partial charge in [0.15, 0.2) is 0 Å². The van der Waals surface area contributed by atoms with Crippen molar-refractivity contribution in [1.82, 2.24) is 0 Å². The third kappa shape index (κ3) is 2.07. The second kappa shape index (κ2) is 4.81. The first-order valence-corrected chi connectivity index (χ1v) is 7.11. The van der Waals surface area contributed by atoms with Crippen molar-refractivity contribution in [2.24, 2.45) is 0 Å². The quantitative estimate of drug-likeness (QED) is 0.767. The standard InChI is InChI=1S/C15H15BrO2/c1-10-13(6-8-17-10)15(16)12-4-5-14-11(9-12)3-2-7-18-14/h4-6,8-9,15H,2-3,7H2,1H3. The van der Waals surface area contributed by atoms with E-state index in [-0.39, 0.29) is 4.83 Å². The molecule has 0 radical (unpaired) electrons. The Morgan fingerprint density at radius 3 is 2.94 bits per heavy atom. The number of hydrogen-bond donors (Lipinski definition) is 0. The van der Waals surface area contributed by atoms with E-state index in [4.69, 9.17) is 9.15 Å². The fraction of sp³-hybridized carbons (Fsp3) is 0.333. The van der Waals surface area contributed by atoms with Crippen LogP contribution in [0.15, 0.2) is 34.9 Å². The topological polar surface area (TPSA) is 22.4 Å². The largest absolute Gasteiger partial charge is 0.493 e.